The van der Waals surface area contributed by atoms with Crippen LogP contribution in [0.5, 0.6) is 0 Å². The molecular formula is C16H19FN4. The van der Waals surface area contributed by atoms with Crippen LogP contribution in [0.4, 0.5) is 4.39 Å². The number of fused-ring (bicyclic) bond motifs is 1. The monoisotopic (exact) mass is 286 g/mol. The average molecular weight is 286 g/mol. The van der Waals surface area contributed by atoms with Crippen LogP contribution < -0.4 is 5.73 Å². The highest BCUT2D eigenvalue weighted by molar-refractivity contribution is 5.95. The summed E-state index contributed by atoms with van der Waals surface area (Å²) >= 11 is 0. The van der Waals surface area contributed by atoms with Crippen LogP contribution >= 0.6 is 0 Å². The number of benzene rings is 1. The van der Waals surface area contributed by atoms with Crippen molar-refractivity contribution < 1.29 is 4.39 Å². The van der Waals surface area contributed by atoms with Crippen LogP contribution in [0.3, 0.4) is 0 Å². The molecule has 0 aliphatic heterocycles. The van der Waals surface area contributed by atoms with E-state index in [-0.39, 0.29) is 11.4 Å². The quantitative estimate of drug-likeness (QED) is 0.672. The van der Waals surface area contributed by atoms with E-state index >= 15 is 0 Å². The van der Waals surface area contributed by atoms with Crippen LogP contribution in [-0.4, -0.2) is 15.4 Å². The molecule has 3 N–H and O–H groups in total. The normalized spacial score (nSPS) is 14.0. The third-order valence-corrected chi connectivity index (χ3v) is 4.12. The number of imidazole rings is 1. The highest BCUT2D eigenvalue weighted by Crippen LogP contribution is 2.24. The van der Waals surface area contributed by atoms with Gasteiger partial charge in [-0.25, -0.2) is 9.37 Å². The van der Waals surface area contributed by atoms with E-state index in [9.17, 15) is 4.39 Å². The Labute approximate surface area is 123 Å². The first-order valence-electron chi connectivity index (χ1n) is 7.24. The molecule has 4 nitrogen and oxygen atoms in total. The second-order valence-electron chi connectivity index (χ2n) is 5.54. The summed E-state index contributed by atoms with van der Waals surface area (Å²) in [5, 5.41) is 7.43. The van der Waals surface area contributed by atoms with Gasteiger partial charge in [0, 0.05) is 11.3 Å². The van der Waals surface area contributed by atoms with Gasteiger partial charge < -0.3 is 10.3 Å². The molecule has 2 aromatic rings. The second-order valence-corrected chi connectivity index (χ2v) is 5.54. The van der Waals surface area contributed by atoms with Gasteiger partial charge in [0.05, 0.1) is 17.8 Å². The Morgan fingerprint density at radius 2 is 2.14 bits per heavy atom. The number of halogens is 1. The van der Waals surface area contributed by atoms with Crippen LogP contribution in [-0.2, 0) is 19.4 Å². The predicted molar refractivity (Wildman–Crippen MR) is 80.1 cm³/mol. The summed E-state index contributed by atoms with van der Waals surface area (Å²) in [4.78, 5) is 4.61. The second kappa shape index (κ2) is 5.31. The molecule has 110 valence electrons. The number of hydrogen-bond donors (Lipinski definition) is 2. The van der Waals surface area contributed by atoms with E-state index < -0.39 is 5.82 Å². The van der Waals surface area contributed by atoms with Crippen LogP contribution in [0.15, 0.2) is 18.2 Å². The first-order chi connectivity index (χ1) is 10.1. The first-order valence-corrected chi connectivity index (χ1v) is 7.24. The van der Waals surface area contributed by atoms with Gasteiger partial charge in [0.15, 0.2) is 0 Å². The zero-order chi connectivity index (χ0) is 15.0. The fraction of sp³-hybridized carbons (Fsp3) is 0.375. The number of aromatic nitrogens is 2. The summed E-state index contributed by atoms with van der Waals surface area (Å²) in [5.41, 5.74) is 8.52. The first kappa shape index (κ1) is 13.8. The van der Waals surface area contributed by atoms with E-state index in [2.05, 4.69) is 9.55 Å². The fourth-order valence-electron chi connectivity index (χ4n) is 3.03. The molecule has 0 atom stereocenters. The van der Waals surface area contributed by atoms with Crippen LogP contribution in [0.1, 0.15) is 41.2 Å². The molecule has 5 heteroatoms. The molecule has 0 radical (unpaired) electrons. The third-order valence-electron chi connectivity index (χ3n) is 4.12. The van der Waals surface area contributed by atoms with Gasteiger partial charge in [-0.2, -0.15) is 0 Å². The Morgan fingerprint density at radius 3 is 2.90 bits per heavy atom. The molecule has 0 amide bonds. The summed E-state index contributed by atoms with van der Waals surface area (Å²) in [6, 6.07) is 5.03. The Bertz CT molecular complexity index is 703. The van der Waals surface area contributed by atoms with Crippen LogP contribution in [0.25, 0.3) is 0 Å². The lowest BCUT2D eigenvalue weighted by molar-refractivity contribution is 0.580. The number of amidine groups is 1. The highest BCUT2D eigenvalue weighted by atomic mass is 19.1. The number of nitrogens with zero attached hydrogens (tertiary/aromatic N) is 2. The van der Waals surface area contributed by atoms with Gasteiger partial charge in [-0.1, -0.05) is 12.1 Å². The standard InChI is InChI=1S/C16H19FN4/c1-10-20-13-7-2-3-8-14(13)21(10)9-11-5-4-6-12(15(11)17)16(18)19/h4-6H,2-3,7-9H2,1H3,(H3,18,19). The average Bonchev–Trinajstić information content (AvgIpc) is 2.77. The van der Waals surface area contributed by atoms with E-state index in [1.165, 1.54) is 18.2 Å². The molecule has 21 heavy (non-hydrogen) atoms. The number of nitrogens with two attached hydrogens (primary N) is 1. The van der Waals surface area contributed by atoms with Crippen molar-refractivity contribution in [1.82, 2.24) is 9.55 Å². The molecule has 1 aromatic carbocycles. The smallest absolute Gasteiger partial charge is 0.139 e. The summed E-state index contributed by atoms with van der Waals surface area (Å²) in [6.07, 6.45) is 4.36. The van der Waals surface area contributed by atoms with Crippen LogP contribution in [0.2, 0.25) is 0 Å². The maximum atomic E-state index is 14.4. The fourth-order valence-corrected chi connectivity index (χ4v) is 3.03. The van der Waals surface area contributed by atoms with E-state index in [4.69, 9.17) is 11.1 Å². The summed E-state index contributed by atoms with van der Waals surface area (Å²) in [6.45, 7) is 2.41. The Morgan fingerprint density at radius 1 is 1.38 bits per heavy atom. The van der Waals surface area contributed by atoms with Gasteiger partial charge in [-0.15, -0.1) is 0 Å². The number of hydrogen-bond acceptors (Lipinski definition) is 2. The largest absolute Gasteiger partial charge is 0.384 e. The van der Waals surface area contributed by atoms with E-state index in [1.54, 1.807) is 12.1 Å². The predicted octanol–water partition coefficient (Wildman–Crippen LogP) is 2.54. The minimum Gasteiger partial charge on any atom is -0.384 e. The number of nitrogens with one attached hydrogen (secondary N) is 1. The van der Waals surface area contributed by atoms with Crippen molar-refractivity contribution in [3.63, 3.8) is 0 Å². The van der Waals surface area contributed by atoms with E-state index in [0.29, 0.717) is 12.1 Å². The topological polar surface area (TPSA) is 67.7 Å². The van der Waals surface area contributed by atoms with Crippen molar-refractivity contribution in [3.8, 4) is 0 Å². The molecule has 0 unspecified atom stereocenters. The third kappa shape index (κ3) is 2.44. The van der Waals surface area contributed by atoms with Crippen molar-refractivity contribution in [1.29, 1.82) is 5.41 Å². The van der Waals surface area contributed by atoms with Gasteiger partial charge in [0.25, 0.3) is 0 Å². The Hall–Kier alpha value is -2.17. The molecule has 0 fully saturated rings. The molecule has 0 bridgehead atoms. The molecule has 0 spiro atoms. The van der Waals surface area contributed by atoms with Crippen LogP contribution in [0, 0.1) is 18.2 Å². The van der Waals surface area contributed by atoms with Gasteiger partial charge in [-0.3, -0.25) is 5.41 Å². The van der Waals surface area contributed by atoms with Gasteiger partial charge >= 0.3 is 0 Å². The number of nitrogen functional groups attached to an aromatic ring is 1. The van der Waals surface area contributed by atoms with E-state index in [1.807, 2.05) is 6.92 Å². The van der Waals surface area contributed by atoms with Crippen molar-refractivity contribution in [2.75, 3.05) is 0 Å². The molecule has 1 aliphatic rings. The lowest BCUT2D eigenvalue weighted by atomic mass is 10.0. The van der Waals surface area contributed by atoms with Crippen molar-refractivity contribution >= 4 is 5.84 Å². The minimum absolute atomic E-state index is 0.166. The Kier molecular flexibility index (Phi) is 3.49. The highest BCUT2D eigenvalue weighted by Gasteiger charge is 2.19. The number of rotatable bonds is 3. The lowest BCUT2D eigenvalue weighted by Gasteiger charge is -2.16. The zero-order valence-corrected chi connectivity index (χ0v) is 12.1. The maximum absolute atomic E-state index is 14.4. The van der Waals surface area contributed by atoms with Crippen molar-refractivity contribution in [2.45, 2.75) is 39.2 Å². The zero-order valence-electron chi connectivity index (χ0n) is 12.1. The molecule has 0 saturated heterocycles. The van der Waals surface area contributed by atoms with Crippen molar-refractivity contribution in [2.24, 2.45) is 5.73 Å². The molecule has 3 rings (SSSR count). The summed E-state index contributed by atoms with van der Waals surface area (Å²) < 4.78 is 16.5. The van der Waals surface area contributed by atoms with E-state index in [0.717, 1.165) is 30.8 Å². The summed E-state index contributed by atoms with van der Waals surface area (Å²) in [5.74, 6) is 0.288. The van der Waals surface area contributed by atoms with Gasteiger partial charge in [0.2, 0.25) is 0 Å². The number of aryl methyl sites for hydroxylation is 2. The molecule has 1 aromatic heterocycles. The SMILES string of the molecule is Cc1nc2c(n1Cc1cccc(C(=N)N)c1F)CCCC2. The molecule has 1 aliphatic carbocycles. The molecular weight excluding hydrogens is 267 g/mol. The minimum atomic E-state index is -0.400. The van der Waals surface area contributed by atoms with Crippen molar-refractivity contribution in [3.05, 3.63) is 52.4 Å². The lowest BCUT2D eigenvalue weighted by Crippen LogP contribution is -2.16. The molecule has 1 heterocycles. The summed E-state index contributed by atoms with van der Waals surface area (Å²) in [7, 11) is 0. The van der Waals surface area contributed by atoms with Gasteiger partial charge in [-0.05, 0) is 38.7 Å². The maximum Gasteiger partial charge on any atom is 0.139 e. The molecule has 0 saturated carbocycles. The van der Waals surface area contributed by atoms with Gasteiger partial charge in [0.1, 0.15) is 17.5 Å². The Balaban J connectivity index is 2.00.